The molecule has 0 atom stereocenters. The number of hydrogen-bond acceptors (Lipinski definition) is 7. The molecule has 15 heteroatoms. The number of nitrogens with zero attached hydrogens (tertiary/aromatic N) is 3. The largest absolute Gasteiger partial charge is 0.573 e. The van der Waals surface area contributed by atoms with Crippen LogP contribution in [0.4, 0.5) is 23.7 Å². The number of aryl methyl sites for hydroxylation is 2. The maximum atomic E-state index is 13.2. The van der Waals surface area contributed by atoms with Crippen molar-refractivity contribution in [1.82, 2.24) is 14.9 Å². The van der Waals surface area contributed by atoms with Gasteiger partial charge in [0, 0.05) is 24.1 Å². The Bertz CT molecular complexity index is 1700. The van der Waals surface area contributed by atoms with Gasteiger partial charge in [0.25, 0.3) is 11.8 Å². The van der Waals surface area contributed by atoms with Crippen LogP contribution >= 0.6 is 0 Å². The number of anilines is 1. The highest BCUT2D eigenvalue weighted by atomic mass is 32.2. The van der Waals surface area contributed by atoms with E-state index in [9.17, 15) is 36.0 Å². The fraction of sp³-hybridized carbons (Fsp3) is 0.286. The lowest BCUT2D eigenvalue weighted by molar-refractivity contribution is -0.274. The fourth-order valence-corrected chi connectivity index (χ4v) is 6.40. The van der Waals surface area contributed by atoms with Crippen molar-refractivity contribution in [2.24, 2.45) is 4.99 Å². The van der Waals surface area contributed by atoms with Crippen LogP contribution in [0.25, 0.3) is 6.08 Å². The third kappa shape index (κ3) is 5.90. The van der Waals surface area contributed by atoms with Crippen LogP contribution in [0.2, 0.25) is 0 Å². The lowest BCUT2D eigenvalue weighted by Gasteiger charge is -2.34. The first kappa shape index (κ1) is 30.0. The number of carbonyl (C=O) groups is 3. The van der Waals surface area contributed by atoms with Crippen LogP contribution < -0.4 is 20.3 Å². The van der Waals surface area contributed by atoms with Crippen LogP contribution in [0, 0.1) is 13.8 Å². The van der Waals surface area contributed by atoms with E-state index in [-0.39, 0.29) is 43.0 Å². The molecule has 0 bridgehead atoms. The van der Waals surface area contributed by atoms with Gasteiger partial charge in [-0.05, 0) is 73.7 Å². The minimum atomic E-state index is -4.88. The first-order valence-corrected chi connectivity index (χ1v) is 14.5. The van der Waals surface area contributed by atoms with Gasteiger partial charge in [0.05, 0.1) is 5.69 Å². The molecule has 0 unspecified atom stereocenters. The van der Waals surface area contributed by atoms with E-state index in [0.29, 0.717) is 22.4 Å². The van der Waals surface area contributed by atoms with Crippen molar-refractivity contribution in [3.63, 3.8) is 0 Å². The van der Waals surface area contributed by atoms with Crippen LogP contribution in [0.3, 0.4) is 0 Å². The minimum Gasteiger partial charge on any atom is -0.406 e. The number of amides is 4. The molecule has 0 aromatic heterocycles. The Hall–Kier alpha value is -4.50. The number of sulfonamides is 1. The molecule has 1 spiro atoms. The van der Waals surface area contributed by atoms with Gasteiger partial charge >= 0.3 is 12.4 Å². The standard InChI is InChI=1S/C28H26F3N5O6S/c1-16-13-20(36-24(37)18(3)32-26(36)39)14-17(2)22(16)7-12-43(40,41)35-10-8-27(9-11-35)25(38)33-23(34-27)19-5-4-6-21(15-19)42-28(29,30)31/h4-7,12-15H,3,8-11H2,1-2H3,(H,32,39)(H,33,34,38)/b12-7+. The number of ether oxygens (including phenoxy) is 1. The first-order chi connectivity index (χ1) is 20.1. The van der Waals surface area contributed by atoms with E-state index in [1.54, 1.807) is 26.0 Å². The minimum absolute atomic E-state index is 0.0128. The van der Waals surface area contributed by atoms with Gasteiger partial charge in [0.1, 0.15) is 22.8 Å². The number of nitrogens with one attached hydrogen (secondary N) is 2. The molecule has 4 amide bonds. The predicted octanol–water partition coefficient (Wildman–Crippen LogP) is 3.48. The summed E-state index contributed by atoms with van der Waals surface area (Å²) in [6.45, 7) is 6.93. The topological polar surface area (TPSA) is 137 Å². The zero-order valence-electron chi connectivity index (χ0n) is 23.0. The number of halogens is 3. The molecule has 11 nitrogen and oxygen atoms in total. The summed E-state index contributed by atoms with van der Waals surface area (Å²) < 4.78 is 69.4. The number of hydrogen-bond donors (Lipinski definition) is 2. The van der Waals surface area contributed by atoms with Gasteiger partial charge in [-0.1, -0.05) is 18.7 Å². The van der Waals surface area contributed by atoms with E-state index in [0.717, 1.165) is 22.4 Å². The molecule has 3 aliphatic rings. The van der Waals surface area contributed by atoms with Crippen molar-refractivity contribution in [2.75, 3.05) is 18.0 Å². The van der Waals surface area contributed by atoms with E-state index >= 15 is 0 Å². The summed E-state index contributed by atoms with van der Waals surface area (Å²) >= 11 is 0. The van der Waals surface area contributed by atoms with Crippen molar-refractivity contribution in [2.45, 2.75) is 38.6 Å². The van der Waals surface area contributed by atoms with E-state index in [4.69, 9.17) is 0 Å². The van der Waals surface area contributed by atoms with Gasteiger partial charge in [-0.25, -0.2) is 18.1 Å². The highest BCUT2D eigenvalue weighted by Crippen LogP contribution is 2.34. The fourth-order valence-electron chi connectivity index (χ4n) is 5.23. The number of piperidine rings is 1. The summed E-state index contributed by atoms with van der Waals surface area (Å²) in [6, 6.07) is 7.63. The third-order valence-electron chi connectivity index (χ3n) is 7.40. The second-order valence-electron chi connectivity index (χ2n) is 10.3. The Morgan fingerprint density at radius 3 is 2.28 bits per heavy atom. The second kappa shape index (κ2) is 10.6. The molecule has 226 valence electrons. The first-order valence-electron chi connectivity index (χ1n) is 13.0. The van der Waals surface area contributed by atoms with E-state index < -0.39 is 45.5 Å². The summed E-state index contributed by atoms with van der Waals surface area (Å²) in [7, 11) is -3.91. The van der Waals surface area contributed by atoms with Gasteiger partial charge in [-0.2, -0.15) is 4.31 Å². The van der Waals surface area contributed by atoms with E-state index in [1.807, 2.05) is 0 Å². The molecule has 3 heterocycles. The Morgan fingerprint density at radius 1 is 1.05 bits per heavy atom. The summed E-state index contributed by atoms with van der Waals surface area (Å²) in [5, 5.41) is 6.02. The summed E-state index contributed by atoms with van der Waals surface area (Å²) in [5.74, 6) is -1.41. The molecule has 5 rings (SSSR count). The molecule has 0 aliphatic carbocycles. The molecule has 2 fully saturated rings. The Morgan fingerprint density at radius 2 is 1.70 bits per heavy atom. The normalized spacial score (nSPS) is 19.3. The third-order valence-corrected chi connectivity index (χ3v) is 8.96. The Kier molecular flexibility index (Phi) is 7.42. The molecule has 2 aromatic carbocycles. The molecular weight excluding hydrogens is 591 g/mol. The molecule has 2 N–H and O–H groups in total. The number of aliphatic imine (C=N–C) groups is 1. The van der Waals surface area contributed by atoms with Crippen LogP contribution in [0.1, 0.15) is 35.1 Å². The number of rotatable bonds is 6. The lowest BCUT2D eigenvalue weighted by Crippen LogP contribution is -2.50. The van der Waals surface area contributed by atoms with Gasteiger partial charge in [-0.15, -0.1) is 13.2 Å². The number of imide groups is 1. The zero-order chi connectivity index (χ0) is 31.3. The van der Waals surface area contributed by atoms with E-state index in [2.05, 4.69) is 26.9 Å². The number of alkyl halides is 3. The highest BCUT2D eigenvalue weighted by Gasteiger charge is 2.47. The number of carbonyl (C=O) groups excluding carboxylic acids is 3. The van der Waals surface area contributed by atoms with Crippen molar-refractivity contribution in [3.05, 3.63) is 76.3 Å². The van der Waals surface area contributed by atoms with Crippen molar-refractivity contribution in [3.8, 4) is 5.75 Å². The van der Waals surface area contributed by atoms with Gasteiger partial charge < -0.3 is 15.4 Å². The average Bonchev–Trinajstić information content (AvgIpc) is 3.36. The lowest BCUT2D eigenvalue weighted by atomic mass is 9.89. The second-order valence-corrected chi connectivity index (χ2v) is 12.1. The zero-order valence-corrected chi connectivity index (χ0v) is 23.8. The van der Waals surface area contributed by atoms with Crippen LogP contribution in [-0.4, -0.2) is 61.4 Å². The van der Waals surface area contributed by atoms with Crippen molar-refractivity contribution >= 4 is 45.5 Å². The number of amidine groups is 1. The number of benzene rings is 2. The monoisotopic (exact) mass is 617 g/mol. The van der Waals surface area contributed by atoms with Crippen molar-refractivity contribution in [1.29, 1.82) is 0 Å². The van der Waals surface area contributed by atoms with Gasteiger partial charge in [0.2, 0.25) is 10.0 Å². The Labute approximate surface area is 244 Å². The predicted molar refractivity (Wildman–Crippen MR) is 150 cm³/mol. The van der Waals surface area contributed by atoms with Crippen LogP contribution in [0.5, 0.6) is 5.75 Å². The van der Waals surface area contributed by atoms with Crippen LogP contribution in [0.15, 0.2) is 59.1 Å². The van der Waals surface area contributed by atoms with Gasteiger partial charge in [0.15, 0.2) is 0 Å². The SMILES string of the molecule is C=C1NC(=O)N(c2cc(C)c(/C=C/S(=O)(=O)N3CCC4(CC3)N=C(c3cccc(OC(F)(F)F)c3)NC4=O)c(C)c2)C1=O. The molecule has 3 aliphatic heterocycles. The van der Waals surface area contributed by atoms with Crippen molar-refractivity contribution < 1.29 is 40.7 Å². The van der Waals surface area contributed by atoms with Gasteiger partial charge in [-0.3, -0.25) is 14.6 Å². The molecule has 0 saturated carbocycles. The maximum absolute atomic E-state index is 13.2. The summed E-state index contributed by atoms with van der Waals surface area (Å²) in [6.07, 6.45) is -3.31. The average molecular weight is 618 g/mol. The smallest absolute Gasteiger partial charge is 0.406 e. The molecule has 2 aromatic rings. The maximum Gasteiger partial charge on any atom is 0.573 e. The van der Waals surface area contributed by atoms with E-state index in [1.165, 1.54) is 22.5 Å². The Balaban J connectivity index is 1.29. The molecule has 0 radical (unpaired) electrons. The molecule has 43 heavy (non-hydrogen) atoms. The summed E-state index contributed by atoms with van der Waals surface area (Å²) in [4.78, 5) is 42.8. The number of urea groups is 1. The van der Waals surface area contributed by atoms with Crippen LogP contribution in [-0.2, 0) is 19.6 Å². The summed E-state index contributed by atoms with van der Waals surface area (Å²) in [5.41, 5.74) is 1.11. The molecular formula is C28H26F3N5O6S. The quantitative estimate of drug-likeness (QED) is 0.376. The highest BCUT2D eigenvalue weighted by molar-refractivity contribution is 7.92. The molecule has 2 saturated heterocycles.